The van der Waals surface area contributed by atoms with Crippen LogP contribution >= 0.6 is 15.9 Å². The maximum atomic E-state index is 15.2. The Morgan fingerprint density at radius 3 is 2.61 bits per heavy atom. The Bertz CT molecular complexity index is 1130. The topological polar surface area (TPSA) is 61.5 Å². The van der Waals surface area contributed by atoms with Crippen molar-refractivity contribution in [3.8, 4) is 5.75 Å². The first kappa shape index (κ1) is 23.0. The zero-order valence-electron chi connectivity index (χ0n) is 18.1. The number of urea groups is 1. The lowest BCUT2D eigenvalue weighted by Gasteiger charge is -2.36. The van der Waals surface area contributed by atoms with Crippen LogP contribution in [0.25, 0.3) is 11.0 Å². The largest absolute Gasteiger partial charge is 0.494 e. The minimum absolute atomic E-state index is 0.00829. The minimum Gasteiger partial charge on any atom is -0.494 e. The highest BCUT2D eigenvalue weighted by Gasteiger charge is 2.36. The molecule has 6 nitrogen and oxygen atoms in total. The summed E-state index contributed by atoms with van der Waals surface area (Å²) in [5.41, 5.74) is 1.86. The van der Waals surface area contributed by atoms with Crippen LogP contribution in [0.15, 0.2) is 22.9 Å². The summed E-state index contributed by atoms with van der Waals surface area (Å²) >= 11 is 3.46. The van der Waals surface area contributed by atoms with Gasteiger partial charge in [0.05, 0.1) is 24.7 Å². The second-order valence-electron chi connectivity index (χ2n) is 6.88. The number of aromatic amines is 1. The lowest BCUT2D eigenvalue weighted by Crippen LogP contribution is -2.46. The molecule has 1 N–H and O–H groups in total. The number of halogens is 3. The number of anilines is 2. The zero-order valence-corrected chi connectivity index (χ0v) is 19.7. The Labute approximate surface area is 188 Å². The quantitative estimate of drug-likeness (QED) is 0.471. The highest BCUT2D eigenvalue weighted by molar-refractivity contribution is 9.10. The van der Waals surface area contributed by atoms with Gasteiger partial charge < -0.3 is 9.72 Å². The molecule has 0 aliphatic carbocycles. The summed E-state index contributed by atoms with van der Waals surface area (Å²) in [6, 6.07) is 0.817. The van der Waals surface area contributed by atoms with Gasteiger partial charge in [0.15, 0.2) is 17.4 Å². The number of carbonyl (C=O) groups is 1. The summed E-state index contributed by atoms with van der Waals surface area (Å²) in [4.78, 5) is 23.0. The van der Waals surface area contributed by atoms with Crippen LogP contribution in [0, 0.1) is 11.6 Å². The Morgan fingerprint density at radius 2 is 1.97 bits per heavy atom. The number of H-pyrrole nitrogens is 1. The summed E-state index contributed by atoms with van der Waals surface area (Å²) in [5, 5.41) is 0.747. The number of nitrogens with zero attached hydrogens (tertiary/aromatic N) is 3. The van der Waals surface area contributed by atoms with Crippen molar-refractivity contribution in [1.82, 2.24) is 9.97 Å². The molecule has 1 aliphatic heterocycles. The molecule has 0 saturated carbocycles. The van der Waals surface area contributed by atoms with Gasteiger partial charge in [-0.15, -0.1) is 0 Å². The van der Waals surface area contributed by atoms with Crippen molar-refractivity contribution in [2.24, 2.45) is 0 Å². The van der Waals surface area contributed by atoms with Gasteiger partial charge in [-0.1, -0.05) is 27.2 Å². The van der Waals surface area contributed by atoms with E-state index in [9.17, 15) is 4.79 Å². The summed E-state index contributed by atoms with van der Waals surface area (Å²) in [7, 11) is 2.90. The van der Waals surface area contributed by atoms with Crippen molar-refractivity contribution in [1.29, 1.82) is 0 Å². The van der Waals surface area contributed by atoms with E-state index in [1.54, 1.807) is 19.4 Å². The molecule has 0 radical (unpaired) electrons. The predicted octanol–water partition coefficient (Wildman–Crippen LogP) is 6.17. The molecule has 2 amide bonds. The SMILES string of the molecule is CC.CCCc1cc(OC)c(F)c(N2Cc3cnc4[nH]cc(Br)c4c3N(C)C2=O)c1F. The first-order valence-corrected chi connectivity index (χ1v) is 10.9. The van der Waals surface area contributed by atoms with E-state index >= 15 is 8.78 Å². The van der Waals surface area contributed by atoms with E-state index in [1.807, 2.05) is 20.8 Å². The number of amides is 2. The summed E-state index contributed by atoms with van der Waals surface area (Å²) < 4.78 is 36.2. The van der Waals surface area contributed by atoms with Gasteiger partial charge in [0.1, 0.15) is 11.3 Å². The number of aromatic nitrogens is 2. The molecule has 3 heterocycles. The van der Waals surface area contributed by atoms with Crippen molar-refractivity contribution >= 4 is 44.4 Å². The Kier molecular flexibility index (Phi) is 6.83. The van der Waals surface area contributed by atoms with Crippen molar-refractivity contribution in [3.05, 3.63) is 45.7 Å². The molecule has 0 unspecified atom stereocenters. The zero-order chi connectivity index (χ0) is 22.9. The van der Waals surface area contributed by atoms with Crippen molar-refractivity contribution < 1.29 is 18.3 Å². The average Bonchev–Trinajstić information content (AvgIpc) is 3.15. The van der Waals surface area contributed by atoms with Gasteiger partial charge in [-0.05, 0) is 34.0 Å². The van der Waals surface area contributed by atoms with Gasteiger partial charge in [0.25, 0.3) is 0 Å². The highest BCUT2D eigenvalue weighted by atomic mass is 79.9. The number of hydrogen-bond acceptors (Lipinski definition) is 3. The van der Waals surface area contributed by atoms with Gasteiger partial charge in [0, 0.05) is 29.5 Å². The minimum atomic E-state index is -0.896. The van der Waals surface area contributed by atoms with E-state index in [1.165, 1.54) is 18.1 Å². The van der Waals surface area contributed by atoms with Crippen LogP contribution in [0.2, 0.25) is 0 Å². The third-order valence-electron chi connectivity index (χ3n) is 5.11. The first-order valence-electron chi connectivity index (χ1n) is 10.1. The van der Waals surface area contributed by atoms with E-state index in [4.69, 9.17) is 4.74 Å². The number of pyridine rings is 1. The van der Waals surface area contributed by atoms with Crippen molar-refractivity contribution in [2.75, 3.05) is 24.0 Å². The lowest BCUT2D eigenvalue weighted by atomic mass is 10.0. The number of rotatable bonds is 4. The van der Waals surface area contributed by atoms with Crippen LogP contribution < -0.4 is 14.5 Å². The van der Waals surface area contributed by atoms with Crippen LogP contribution in [0.5, 0.6) is 5.75 Å². The molecule has 31 heavy (non-hydrogen) atoms. The molecular formula is C22H25BrF2N4O2. The first-order chi connectivity index (χ1) is 14.9. The van der Waals surface area contributed by atoms with Crippen molar-refractivity contribution in [2.45, 2.75) is 40.2 Å². The molecule has 166 valence electrons. The third-order valence-corrected chi connectivity index (χ3v) is 5.74. The Hall–Kier alpha value is -2.68. The Morgan fingerprint density at radius 1 is 1.26 bits per heavy atom. The second-order valence-corrected chi connectivity index (χ2v) is 7.74. The summed E-state index contributed by atoms with van der Waals surface area (Å²) in [6.07, 6.45) is 4.42. The fraction of sp³-hybridized carbons (Fsp3) is 0.364. The molecular weight excluding hydrogens is 470 g/mol. The standard InChI is InChI=1S/C20H19BrF2N4O2.C2H6/c1-4-5-10-6-13(29-3)16(23)18(15(10)22)27-9-11-7-24-19-14(12(21)8-25-19)17(11)26(2)20(27)28;1-2/h6-8H,4-5,9H2,1-3H3,(H,24,25);1-2H3. The van der Waals surface area contributed by atoms with Crippen LogP contribution in [0.3, 0.4) is 0 Å². The van der Waals surface area contributed by atoms with Gasteiger partial charge in [-0.3, -0.25) is 9.80 Å². The molecule has 0 bridgehead atoms. The third kappa shape index (κ3) is 3.75. The molecule has 1 aliphatic rings. The number of ether oxygens (including phenoxy) is 1. The van der Waals surface area contributed by atoms with E-state index in [-0.39, 0.29) is 12.3 Å². The van der Waals surface area contributed by atoms with E-state index < -0.39 is 23.4 Å². The van der Waals surface area contributed by atoms with Gasteiger partial charge in [0.2, 0.25) is 0 Å². The maximum Gasteiger partial charge on any atom is 0.329 e. The number of benzene rings is 1. The summed E-state index contributed by atoms with van der Waals surface area (Å²) in [6.45, 7) is 5.89. The van der Waals surface area contributed by atoms with E-state index in [0.717, 1.165) is 14.8 Å². The fourth-order valence-electron chi connectivity index (χ4n) is 3.76. The number of methoxy groups -OCH3 is 1. The molecule has 1 aromatic carbocycles. The number of fused-ring (bicyclic) bond motifs is 3. The average molecular weight is 495 g/mol. The molecule has 2 aromatic heterocycles. The molecule has 0 saturated heterocycles. The van der Waals surface area contributed by atoms with E-state index in [0.29, 0.717) is 35.3 Å². The molecule has 0 fully saturated rings. The van der Waals surface area contributed by atoms with Crippen LogP contribution in [0.1, 0.15) is 38.3 Å². The number of hydrogen-bond donors (Lipinski definition) is 1. The number of nitrogens with one attached hydrogen (secondary N) is 1. The predicted molar refractivity (Wildman–Crippen MR) is 122 cm³/mol. The van der Waals surface area contributed by atoms with Gasteiger partial charge in [-0.25, -0.2) is 18.6 Å². The summed E-state index contributed by atoms with van der Waals surface area (Å²) in [5.74, 6) is -1.73. The van der Waals surface area contributed by atoms with Crippen LogP contribution in [0.4, 0.5) is 25.0 Å². The molecule has 0 atom stereocenters. The molecule has 3 aromatic rings. The fourth-order valence-corrected chi connectivity index (χ4v) is 4.25. The van der Waals surface area contributed by atoms with E-state index in [2.05, 4.69) is 25.9 Å². The second kappa shape index (κ2) is 9.21. The lowest BCUT2D eigenvalue weighted by molar-refractivity contribution is 0.250. The molecule has 9 heteroatoms. The Balaban J connectivity index is 0.00000132. The molecule has 4 rings (SSSR count). The highest BCUT2D eigenvalue weighted by Crippen LogP contribution is 2.41. The normalized spacial score (nSPS) is 13.2. The van der Waals surface area contributed by atoms with Crippen LogP contribution in [-0.2, 0) is 13.0 Å². The van der Waals surface area contributed by atoms with Crippen LogP contribution in [-0.4, -0.2) is 30.2 Å². The molecule has 0 spiro atoms. The smallest absolute Gasteiger partial charge is 0.329 e. The van der Waals surface area contributed by atoms with Gasteiger partial charge in [-0.2, -0.15) is 0 Å². The number of aryl methyl sites for hydroxylation is 1. The monoisotopic (exact) mass is 494 g/mol. The van der Waals surface area contributed by atoms with Crippen molar-refractivity contribution in [3.63, 3.8) is 0 Å². The van der Waals surface area contributed by atoms with Gasteiger partial charge >= 0.3 is 6.03 Å². The number of carbonyl (C=O) groups excluding carboxylic acids is 1. The maximum absolute atomic E-state index is 15.2.